The van der Waals surface area contributed by atoms with Gasteiger partial charge in [-0.3, -0.25) is 4.79 Å². The lowest BCUT2D eigenvalue weighted by atomic mass is 10.1. The predicted octanol–water partition coefficient (Wildman–Crippen LogP) is 2.06. The Morgan fingerprint density at radius 3 is 2.62 bits per heavy atom. The summed E-state index contributed by atoms with van der Waals surface area (Å²) in [5.41, 5.74) is 3.39. The molecule has 1 amide bonds. The number of rotatable bonds is 4. The van der Waals surface area contributed by atoms with E-state index in [0.717, 1.165) is 18.4 Å². The smallest absolute Gasteiger partial charge is 0.253 e. The van der Waals surface area contributed by atoms with E-state index < -0.39 is 10.0 Å². The van der Waals surface area contributed by atoms with Crippen LogP contribution in [0.4, 0.5) is 0 Å². The molecule has 1 aromatic rings. The van der Waals surface area contributed by atoms with Crippen LogP contribution in [0.5, 0.6) is 0 Å². The summed E-state index contributed by atoms with van der Waals surface area (Å²) >= 11 is 0. The second kappa shape index (κ2) is 7.23. The van der Waals surface area contributed by atoms with Crippen LogP contribution < -0.4 is 0 Å². The van der Waals surface area contributed by atoms with Gasteiger partial charge in [-0.15, -0.1) is 0 Å². The van der Waals surface area contributed by atoms with Crippen molar-refractivity contribution in [3.8, 4) is 0 Å². The van der Waals surface area contributed by atoms with Crippen molar-refractivity contribution < 1.29 is 13.2 Å². The number of nitrogens with zero attached hydrogens (tertiary/aromatic N) is 2. The highest BCUT2D eigenvalue weighted by atomic mass is 32.2. The van der Waals surface area contributed by atoms with Gasteiger partial charge in [0.15, 0.2) is 0 Å². The summed E-state index contributed by atoms with van der Waals surface area (Å²) in [6.07, 6.45) is 4.65. The SMILES string of the molecule is CCCS(=O)(=O)N1CCCN(C(=O)c2ccc3c(c2)CCC3)CC1. The highest BCUT2D eigenvalue weighted by molar-refractivity contribution is 7.89. The Labute approximate surface area is 144 Å². The Bertz CT molecular complexity index is 715. The molecule has 1 aliphatic heterocycles. The van der Waals surface area contributed by atoms with E-state index >= 15 is 0 Å². The molecule has 1 aromatic carbocycles. The quantitative estimate of drug-likeness (QED) is 0.835. The molecule has 0 atom stereocenters. The minimum Gasteiger partial charge on any atom is -0.337 e. The first kappa shape index (κ1) is 17.4. The van der Waals surface area contributed by atoms with Crippen molar-refractivity contribution >= 4 is 15.9 Å². The summed E-state index contributed by atoms with van der Waals surface area (Å²) in [7, 11) is -3.18. The van der Waals surface area contributed by atoms with Gasteiger partial charge in [-0.1, -0.05) is 13.0 Å². The molecule has 0 radical (unpaired) electrons. The van der Waals surface area contributed by atoms with Gasteiger partial charge < -0.3 is 4.90 Å². The lowest BCUT2D eigenvalue weighted by Gasteiger charge is -2.22. The molecule has 0 unspecified atom stereocenters. The third kappa shape index (κ3) is 3.64. The van der Waals surface area contributed by atoms with E-state index in [2.05, 4.69) is 6.07 Å². The minimum atomic E-state index is -3.18. The van der Waals surface area contributed by atoms with Crippen molar-refractivity contribution in [3.63, 3.8) is 0 Å². The molecule has 1 heterocycles. The van der Waals surface area contributed by atoms with Crippen molar-refractivity contribution in [2.24, 2.45) is 0 Å². The Morgan fingerprint density at radius 1 is 1.04 bits per heavy atom. The van der Waals surface area contributed by atoms with Gasteiger partial charge >= 0.3 is 0 Å². The monoisotopic (exact) mass is 350 g/mol. The van der Waals surface area contributed by atoms with Gasteiger partial charge in [0.25, 0.3) is 5.91 Å². The van der Waals surface area contributed by atoms with Crippen molar-refractivity contribution in [2.45, 2.75) is 39.0 Å². The first-order chi connectivity index (χ1) is 11.5. The summed E-state index contributed by atoms with van der Waals surface area (Å²) in [4.78, 5) is 14.6. The fraction of sp³-hybridized carbons (Fsp3) is 0.611. The minimum absolute atomic E-state index is 0.0273. The number of benzene rings is 1. The zero-order chi connectivity index (χ0) is 17.2. The molecule has 132 valence electrons. The highest BCUT2D eigenvalue weighted by Gasteiger charge is 2.27. The first-order valence-corrected chi connectivity index (χ1v) is 10.5. The predicted molar refractivity (Wildman–Crippen MR) is 94.6 cm³/mol. The van der Waals surface area contributed by atoms with Crippen molar-refractivity contribution in [1.29, 1.82) is 0 Å². The van der Waals surface area contributed by atoms with Crippen LogP contribution in [0.25, 0.3) is 0 Å². The first-order valence-electron chi connectivity index (χ1n) is 8.90. The van der Waals surface area contributed by atoms with E-state index in [0.29, 0.717) is 39.0 Å². The summed E-state index contributed by atoms with van der Waals surface area (Å²) in [6.45, 7) is 3.88. The third-order valence-electron chi connectivity index (χ3n) is 4.94. The Balaban J connectivity index is 1.69. The van der Waals surface area contributed by atoms with Crippen LogP contribution in [0.15, 0.2) is 18.2 Å². The maximum Gasteiger partial charge on any atom is 0.253 e. The molecule has 3 rings (SSSR count). The van der Waals surface area contributed by atoms with Gasteiger partial charge in [0.1, 0.15) is 0 Å². The maximum absolute atomic E-state index is 12.8. The van der Waals surface area contributed by atoms with E-state index in [-0.39, 0.29) is 11.7 Å². The lowest BCUT2D eigenvalue weighted by Crippen LogP contribution is -2.38. The van der Waals surface area contributed by atoms with Gasteiger partial charge in [-0.25, -0.2) is 12.7 Å². The summed E-state index contributed by atoms with van der Waals surface area (Å²) < 4.78 is 26.0. The second-order valence-corrected chi connectivity index (χ2v) is 8.79. The number of sulfonamides is 1. The molecule has 0 spiro atoms. The number of carbonyl (C=O) groups is 1. The summed E-state index contributed by atoms with van der Waals surface area (Å²) in [6, 6.07) is 6.02. The topological polar surface area (TPSA) is 57.7 Å². The summed E-state index contributed by atoms with van der Waals surface area (Å²) in [5, 5.41) is 0. The van der Waals surface area contributed by atoms with Crippen molar-refractivity contribution in [2.75, 3.05) is 31.9 Å². The number of hydrogen-bond donors (Lipinski definition) is 0. The lowest BCUT2D eigenvalue weighted by molar-refractivity contribution is 0.0764. The molecule has 5 nitrogen and oxygen atoms in total. The number of hydrogen-bond acceptors (Lipinski definition) is 3. The van der Waals surface area contributed by atoms with Crippen LogP contribution in [0.2, 0.25) is 0 Å². The van der Waals surface area contributed by atoms with E-state index in [1.165, 1.54) is 17.5 Å². The highest BCUT2D eigenvalue weighted by Crippen LogP contribution is 2.23. The largest absolute Gasteiger partial charge is 0.337 e. The molecule has 0 bridgehead atoms. The molecule has 0 N–H and O–H groups in total. The van der Waals surface area contributed by atoms with Crippen LogP contribution in [-0.4, -0.2) is 55.5 Å². The molecule has 1 fully saturated rings. The van der Waals surface area contributed by atoms with Gasteiger partial charge in [0, 0.05) is 31.7 Å². The van der Waals surface area contributed by atoms with Crippen LogP contribution in [0, 0.1) is 0 Å². The van der Waals surface area contributed by atoms with Gasteiger partial charge in [-0.2, -0.15) is 0 Å². The zero-order valence-corrected chi connectivity index (χ0v) is 15.1. The number of amides is 1. The fourth-order valence-corrected chi connectivity index (χ4v) is 5.19. The molecule has 0 saturated carbocycles. The molecule has 0 aromatic heterocycles. The second-order valence-electron chi connectivity index (χ2n) is 6.70. The Hall–Kier alpha value is -1.40. The molecule has 1 aliphatic carbocycles. The van der Waals surface area contributed by atoms with Crippen LogP contribution in [-0.2, 0) is 22.9 Å². The van der Waals surface area contributed by atoms with Crippen molar-refractivity contribution in [3.05, 3.63) is 34.9 Å². The molecule has 1 saturated heterocycles. The van der Waals surface area contributed by atoms with Crippen molar-refractivity contribution in [1.82, 2.24) is 9.21 Å². The summed E-state index contributed by atoms with van der Waals surface area (Å²) in [5.74, 6) is 0.214. The standard InChI is InChI=1S/C18H26N2O3S/c1-2-13-24(22,23)20-10-4-9-19(11-12-20)18(21)17-8-7-15-5-3-6-16(15)14-17/h7-8,14H,2-6,9-13H2,1H3. The van der Waals surface area contributed by atoms with E-state index in [4.69, 9.17) is 0 Å². The average Bonchev–Trinajstić information content (AvgIpc) is 2.87. The van der Waals surface area contributed by atoms with Crippen LogP contribution in [0.1, 0.15) is 47.7 Å². The third-order valence-corrected chi connectivity index (χ3v) is 7.02. The van der Waals surface area contributed by atoms with E-state index in [1.54, 1.807) is 9.21 Å². The molecular weight excluding hydrogens is 324 g/mol. The molecule has 6 heteroatoms. The maximum atomic E-state index is 12.8. The molecule has 2 aliphatic rings. The number of carbonyl (C=O) groups excluding carboxylic acids is 1. The van der Waals surface area contributed by atoms with E-state index in [9.17, 15) is 13.2 Å². The molecule has 24 heavy (non-hydrogen) atoms. The van der Waals surface area contributed by atoms with Gasteiger partial charge in [0.05, 0.1) is 5.75 Å². The van der Waals surface area contributed by atoms with Crippen LogP contribution in [0.3, 0.4) is 0 Å². The number of aryl methyl sites for hydroxylation is 2. The average molecular weight is 350 g/mol. The molecular formula is C18H26N2O3S. The van der Waals surface area contributed by atoms with Crippen LogP contribution >= 0.6 is 0 Å². The fourth-order valence-electron chi connectivity index (χ4n) is 3.65. The van der Waals surface area contributed by atoms with Gasteiger partial charge in [0.2, 0.25) is 10.0 Å². The van der Waals surface area contributed by atoms with E-state index in [1.807, 2.05) is 19.1 Å². The van der Waals surface area contributed by atoms with Gasteiger partial charge in [-0.05, 0) is 55.4 Å². The Morgan fingerprint density at radius 2 is 1.83 bits per heavy atom. The number of fused-ring (bicyclic) bond motifs is 1. The zero-order valence-electron chi connectivity index (χ0n) is 14.3. The Kier molecular flexibility index (Phi) is 5.25. The normalized spacial score (nSPS) is 19.1.